The lowest BCUT2D eigenvalue weighted by Gasteiger charge is -2.28. The minimum absolute atomic E-state index is 0.0561. The molecule has 0 aromatic heterocycles. The van der Waals surface area contributed by atoms with E-state index in [2.05, 4.69) is 0 Å². The number of carbonyl (C=O) groups excluding carboxylic acids is 2. The summed E-state index contributed by atoms with van der Waals surface area (Å²) in [5.74, 6) is -0.331. The Labute approximate surface area is 103 Å². The molecule has 0 aromatic rings. The first kappa shape index (κ1) is 14.0. The van der Waals surface area contributed by atoms with Crippen LogP contribution in [0.2, 0.25) is 0 Å². The summed E-state index contributed by atoms with van der Waals surface area (Å²) in [4.78, 5) is 23.4. The molecule has 0 N–H and O–H groups in total. The van der Waals surface area contributed by atoms with E-state index in [-0.39, 0.29) is 17.9 Å². The summed E-state index contributed by atoms with van der Waals surface area (Å²) in [5, 5.41) is 0. The number of hydrogen-bond donors (Lipinski definition) is 0. The van der Waals surface area contributed by atoms with Crippen molar-refractivity contribution in [2.75, 3.05) is 13.2 Å². The maximum Gasteiger partial charge on any atom is 0.312 e. The third-order valence-electron chi connectivity index (χ3n) is 3.61. The van der Waals surface area contributed by atoms with Gasteiger partial charge in [-0.1, -0.05) is 6.42 Å². The van der Waals surface area contributed by atoms with E-state index in [1.807, 2.05) is 6.92 Å². The maximum absolute atomic E-state index is 11.9. The van der Waals surface area contributed by atoms with Gasteiger partial charge in [0.25, 0.3) is 0 Å². The Balaban J connectivity index is 2.64. The molecule has 1 rings (SSSR count). The fourth-order valence-corrected chi connectivity index (χ4v) is 2.55. The van der Waals surface area contributed by atoms with Gasteiger partial charge in [0.1, 0.15) is 0 Å². The van der Waals surface area contributed by atoms with Gasteiger partial charge in [-0.15, -0.1) is 0 Å². The normalized spacial score (nSPS) is 27.8. The zero-order valence-corrected chi connectivity index (χ0v) is 11.0. The van der Waals surface area contributed by atoms with Crippen molar-refractivity contribution in [2.45, 2.75) is 46.5 Å². The van der Waals surface area contributed by atoms with Crippen molar-refractivity contribution in [3.63, 3.8) is 0 Å². The Morgan fingerprint density at radius 1 is 1.24 bits per heavy atom. The molecule has 0 heterocycles. The molecule has 1 fully saturated rings. The molecule has 0 saturated heterocycles. The minimum atomic E-state index is -0.511. The van der Waals surface area contributed by atoms with E-state index < -0.39 is 5.41 Å². The second-order valence-corrected chi connectivity index (χ2v) is 4.74. The molecule has 1 aliphatic carbocycles. The standard InChI is InChI=1S/C13H22O4/c1-4-16-11(14)9-10-7-6-8-13(10,3)12(15)17-5-2/h10H,4-9H2,1-3H3/t10-,13+/m1/s1. The fraction of sp³-hybridized carbons (Fsp3) is 0.846. The summed E-state index contributed by atoms with van der Waals surface area (Å²) in [6, 6.07) is 0. The summed E-state index contributed by atoms with van der Waals surface area (Å²) in [7, 11) is 0. The van der Waals surface area contributed by atoms with Crippen LogP contribution in [-0.2, 0) is 19.1 Å². The Kier molecular flexibility index (Phi) is 4.97. The van der Waals surface area contributed by atoms with Gasteiger partial charge >= 0.3 is 11.9 Å². The fourth-order valence-electron chi connectivity index (χ4n) is 2.55. The molecule has 0 aromatic carbocycles. The monoisotopic (exact) mass is 242 g/mol. The van der Waals surface area contributed by atoms with Crippen LogP contribution in [0, 0.1) is 11.3 Å². The van der Waals surface area contributed by atoms with Gasteiger partial charge in [0.2, 0.25) is 0 Å². The first-order valence-corrected chi connectivity index (χ1v) is 6.37. The highest BCUT2D eigenvalue weighted by atomic mass is 16.5. The highest BCUT2D eigenvalue weighted by Crippen LogP contribution is 2.45. The van der Waals surface area contributed by atoms with Crippen LogP contribution < -0.4 is 0 Å². The van der Waals surface area contributed by atoms with E-state index in [0.29, 0.717) is 19.6 Å². The van der Waals surface area contributed by atoms with Crippen LogP contribution in [0.3, 0.4) is 0 Å². The number of rotatable bonds is 5. The molecule has 4 heteroatoms. The van der Waals surface area contributed by atoms with Crippen molar-refractivity contribution >= 4 is 11.9 Å². The molecule has 0 unspecified atom stereocenters. The molecular formula is C13H22O4. The van der Waals surface area contributed by atoms with Crippen molar-refractivity contribution in [1.29, 1.82) is 0 Å². The van der Waals surface area contributed by atoms with Crippen molar-refractivity contribution in [1.82, 2.24) is 0 Å². The number of esters is 2. The smallest absolute Gasteiger partial charge is 0.312 e. The Morgan fingerprint density at radius 3 is 2.47 bits per heavy atom. The average Bonchev–Trinajstić information content (AvgIpc) is 2.62. The van der Waals surface area contributed by atoms with Crippen LogP contribution in [0.1, 0.15) is 46.5 Å². The van der Waals surface area contributed by atoms with E-state index >= 15 is 0 Å². The number of ether oxygens (including phenoxy) is 2. The molecule has 0 radical (unpaired) electrons. The maximum atomic E-state index is 11.9. The highest BCUT2D eigenvalue weighted by molar-refractivity contribution is 5.79. The molecule has 1 saturated carbocycles. The van der Waals surface area contributed by atoms with Crippen LogP contribution in [-0.4, -0.2) is 25.2 Å². The summed E-state index contributed by atoms with van der Waals surface area (Å²) in [5.41, 5.74) is -0.511. The summed E-state index contributed by atoms with van der Waals surface area (Å²) in [6.45, 7) is 6.28. The molecule has 4 nitrogen and oxygen atoms in total. The van der Waals surface area contributed by atoms with Crippen molar-refractivity contribution in [3.05, 3.63) is 0 Å². The van der Waals surface area contributed by atoms with Gasteiger partial charge in [-0.3, -0.25) is 9.59 Å². The zero-order valence-electron chi connectivity index (χ0n) is 11.0. The minimum Gasteiger partial charge on any atom is -0.466 e. The quantitative estimate of drug-likeness (QED) is 0.694. The highest BCUT2D eigenvalue weighted by Gasteiger charge is 2.46. The second-order valence-electron chi connectivity index (χ2n) is 4.74. The first-order chi connectivity index (χ1) is 8.04. The van der Waals surface area contributed by atoms with E-state index in [9.17, 15) is 9.59 Å². The van der Waals surface area contributed by atoms with Gasteiger partial charge in [0.15, 0.2) is 0 Å². The second kappa shape index (κ2) is 6.03. The van der Waals surface area contributed by atoms with Crippen LogP contribution in [0.4, 0.5) is 0 Å². The van der Waals surface area contributed by atoms with Crippen molar-refractivity contribution in [2.24, 2.45) is 11.3 Å². The third-order valence-corrected chi connectivity index (χ3v) is 3.61. The average molecular weight is 242 g/mol. The van der Waals surface area contributed by atoms with E-state index in [4.69, 9.17) is 9.47 Å². The van der Waals surface area contributed by atoms with Crippen LogP contribution in [0.5, 0.6) is 0 Å². The van der Waals surface area contributed by atoms with Gasteiger partial charge < -0.3 is 9.47 Å². The first-order valence-electron chi connectivity index (χ1n) is 6.37. The van der Waals surface area contributed by atoms with Crippen LogP contribution >= 0.6 is 0 Å². The SMILES string of the molecule is CCOC(=O)C[C@H]1CCC[C@]1(C)C(=O)OCC. The molecule has 0 amide bonds. The van der Waals surface area contributed by atoms with Crippen LogP contribution in [0.15, 0.2) is 0 Å². The van der Waals surface area contributed by atoms with Gasteiger partial charge in [-0.2, -0.15) is 0 Å². The summed E-state index contributed by atoms with van der Waals surface area (Å²) >= 11 is 0. The number of carbonyl (C=O) groups is 2. The summed E-state index contributed by atoms with van der Waals surface area (Å²) < 4.78 is 10.1. The molecule has 98 valence electrons. The van der Waals surface area contributed by atoms with Crippen LogP contribution in [0.25, 0.3) is 0 Å². The predicted octanol–water partition coefficient (Wildman–Crippen LogP) is 2.31. The number of hydrogen-bond acceptors (Lipinski definition) is 4. The molecule has 17 heavy (non-hydrogen) atoms. The lowest BCUT2D eigenvalue weighted by atomic mass is 9.78. The molecule has 0 aliphatic heterocycles. The van der Waals surface area contributed by atoms with E-state index in [1.54, 1.807) is 13.8 Å². The van der Waals surface area contributed by atoms with Gasteiger partial charge in [-0.25, -0.2) is 0 Å². The van der Waals surface area contributed by atoms with Gasteiger partial charge in [0, 0.05) is 6.42 Å². The largest absolute Gasteiger partial charge is 0.466 e. The molecule has 0 bridgehead atoms. The van der Waals surface area contributed by atoms with E-state index in [0.717, 1.165) is 19.3 Å². The summed E-state index contributed by atoms with van der Waals surface area (Å²) in [6.07, 6.45) is 2.99. The lowest BCUT2D eigenvalue weighted by Crippen LogP contribution is -2.35. The zero-order chi connectivity index (χ0) is 12.9. The Hall–Kier alpha value is -1.06. The predicted molar refractivity (Wildman–Crippen MR) is 63.3 cm³/mol. The van der Waals surface area contributed by atoms with E-state index in [1.165, 1.54) is 0 Å². The molecule has 2 atom stereocenters. The molecule has 0 spiro atoms. The van der Waals surface area contributed by atoms with Gasteiger partial charge in [-0.05, 0) is 39.5 Å². The Bertz CT molecular complexity index is 287. The third kappa shape index (κ3) is 3.20. The van der Waals surface area contributed by atoms with Crippen molar-refractivity contribution < 1.29 is 19.1 Å². The topological polar surface area (TPSA) is 52.6 Å². The Morgan fingerprint density at radius 2 is 1.88 bits per heavy atom. The van der Waals surface area contributed by atoms with Gasteiger partial charge in [0.05, 0.1) is 18.6 Å². The molecule has 1 aliphatic rings. The van der Waals surface area contributed by atoms with Crippen molar-refractivity contribution in [3.8, 4) is 0 Å². The lowest BCUT2D eigenvalue weighted by molar-refractivity contribution is -0.158. The molecular weight excluding hydrogens is 220 g/mol.